The minimum absolute atomic E-state index is 0.105. The Labute approximate surface area is 102 Å². The van der Waals surface area contributed by atoms with E-state index in [1.807, 2.05) is 0 Å². The number of rotatable bonds is 3. The molecule has 2 nitrogen and oxygen atoms in total. The van der Waals surface area contributed by atoms with Crippen LogP contribution in [0.1, 0.15) is 29.6 Å². The number of hydrogen-bond donors (Lipinski definition) is 1. The Morgan fingerprint density at radius 2 is 2.25 bits per heavy atom. The van der Waals surface area contributed by atoms with E-state index in [9.17, 15) is 9.18 Å². The van der Waals surface area contributed by atoms with Crippen molar-refractivity contribution in [2.45, 2.75) is 19.3 Å². The van der Waals surface area contributed by atoms with Gasteiger partial charge in [0.05, 0.1) is 5.56 Å². The van der Waals surface area contributed by atoms with Crippen molar-refractivity contribution in [1.82, 2.24) is 5.32 Å². The third-order valence-corrected chi connectivity index (χ3v) is 3.44. The van der Waals surface area contributed by atoms with Crippen LogP contribution in [-0.2, 0) is 0 Å². The molecular formula is C12H13BrFNO. The lowest BCUT2D eigenvalue weighted by atomic mass is 9.85. The van der Waals surface area contributed by atoms with Gasteiger partial charge < -0.3 is 5.32 Å². The van der Waals surface area contributed by atoms with Gasteiger partial charge in [-0.2, -0.15) is 0 Å². The fraction of sp³-hybridized carbons (Fsp3) is 0.417. The van der Waals surface area contributed by atoms with Gasteiger partial charge in [-0.1, -0.05) is 22.4 Å². The van der Waals surface area contributed by atoms with Crippen LogP contribution in [0.25, 0.3) is 0 Å². The Morgan fingerprint density at radius 1 is 1.50 bits per heavy atom. The minimum Gasteiger partial charge on any atom is -0.352 e. The van der Waals surface area contributed by atoms with E-state index in [0.717, 1.165) is 0 Å². The maximum Gasteiger partial charge on any atom is 0.254 e. The van der Waals surface area contributed by atoms with Crippen LogP contribution < -0.4 is 5.32 Å². The zero-order valence-electron chi connectivity index (χ0n) is 8.80. The van der Waals surface area contributed by atoms with Gasteiger partial charge in [-0.25, -0.2) is 4.39 Å². The van der Waals surface area contributed by atoms with Gasteiger partial charge in [0, 0.05) is 11.0 Å². The molecule has 0 aromatic heterocycles. The Bertz CT molecular complexity index is 404. The molecule has 1 aliphatic carbocycles. The summed E-state index contributed by atoms with van der Waals surface area (Å²) in [6, 6.07) is 4.38. The van der Waals surface area contributed by atoms with E-state index in [2.05, 4.69) is 21.2 Å². The standard InChI is InChI=1S/C12H13BrFNO/c13-9-4-5-11(14)10(6-9)12(16)15-7-8-2-1-3-8/h4-6,8H,1-3,7H2,(H,15,16). The van der Waals surface area contributed by atoms with Gasteiger partial charge in [-0.05, 0) is 37.0 Å². The summed E-state index contributed by atoms with van der Waals surface area (Å²) in [6.07, 6.45) is 3.58. The van der Waals surface area contributed by atoms with E-state index in [1.54, 1.807) is 6.07 Å². The topological polar surface area (TPSA) is 29.1 Å². The Morgan fingerprint density at radius 3 is 2.88 bits per heavy atom. The molecule has 0 radical (unpaired) electrons. The highest BCUT2D eigenvalue weighted by molar-refractivity contribution is 9.10. The second-order valence-corrected chi connectivity index (χ2v) is 5.05. The highest BCUT2D eigenvalue weighted by Crippen LogP contribution is 2.25. The van der Waals surface area contributed by atoms with Gasteiger partial charge in [0.2, 0.25) is 0 Å². The number of hydrogen-bond acceptors (Lipinski definition) is 1. The number of nitrogens with one attached hydrogen (secondary N) is 1. The summed E-state index contributed by atoms with van der Waals surface area (Å²) in [5.41, 5.74) is 0.105. The molecular weight excluding hydrogens is 273 g/mol. The average Bonchev–Trinajstić information content (AvgIpc) is 2.19. The van der Waals surface area contributed by atoms with Crippen molar-refractivity contribution in [3.8, 4) is 0 Å². The SMILES string of the molecule is O=C(NCC1CCC1)c1cc(Br)ccc1F. The first kappa shape index (κ1) is 11.6. The van der Waals surface area contributed by atoms with Crippen molar-refractivity contribution in [2.24, 2.45) is 5.92 Å². The van der Waals surface area contributed by atoms with Crippen molar-refractivity contribution in [2.75, 3.05) is 6.54 Å². The summed E-state index contributed by atoms with van der Waals surface area (Å²) in [6.45, 7) is 0.658. The van der Waals surface area contributed by atoms with Crippen molar-refractivity contribution >= 4 is 21.8 Å². The van der Waals surface area contributed by atoms with E-state index >= 15 is 0 Å². The van der Waals surface area contributed by atoms with Crippen LogP contribution >= 0.6 is 15.9 Å². The molecule has 0 spiro atoms. The molecule has 2 rings (SSSR count). The van der Waals surface area contributed by atoms with E-state index in [4.69, 9.17) is 0 Å². The first-order valence-electron chi connectivity index (χ1n) is 5.40. The fourth-order valence-electron chi connectivity index (χ4n) is 1.70. The molecule has 0 aliphatic heterocycles. The maximum atomic E-state index is 13.4. The molecule has 0 heterocycles. The van der Waals surface area contributed by atoms with Gasteiger partial charge in [0.25, 0.3) is 5.91 Å². The summed E-state index contributed by atoms with van der Waals surface area (Å²) in [7, 11) is 0. The van der Waals surface area contributed by atoms with Gasteiger partial charge in [0.15, 0.2) is 0 Å². The first-order chi connectivity index (χ1) is 7.66. The number of amides is 1. The molecule has 1 N–H and O–H groups in total. The van der Waals surface area contributed by atoms with Gasteiger partial charge in [-0.3, -0.25) is 4.79 Å². The molecule has 0 atom stereocenters. The molecule has 0 saturated heterocycles. The third kappa shape index (κ3) is 2.61. The first-order valence-corrected chi connectivity index (χ1v) is 6.19. The second kappa shape index (κ2) is 4.95. The summed E-state index contributed by atoms with van der Waals surface area (Å²) in [5.74, 6) is -0.223. The monoisotopic (exact) mass is 285 g/mol. The van der Waals surface area contributed by atoms with Crippen LogP contribution in [0.3, 0.4) is 0 Å². The zero-order valence-corrected chi connectivity index (χ0v) is 10.4. The van der Waals surface area contributed by atoms with Crippen LogP contribution in [0, 0.1) is 11.7 Å². The van der Waals surface area contributed by atoms with E-state index in [0.29, 0.717) is 16.9 Å². The molecule has 1 aliphatic rings. The van der Waals surface area contributed by atoms with Crippen molar-refractivity contribution < 1.29 is 9.18 Å². The predicted octanol–water partition coefficient (Wildman–Crippen LogP) is 3.12. The lowest BCUT2D eigenvalue weighted by Gasteiger charge is -2.25. The largest absolute Gasteiger partial charge is 0.352 e. The van der Waals surface area contributed by atoms with Crippen LogP contribution in [0.15, 0.2) is 22.7 Å². The normalized spacial score (nSPS) is 15.6. The molecule has 16 heavy (non-hydrogen) atoms. The molecule has 1 aromatic rings. The summed E-state index contributed by atoms with van der Waals surface area (Å²) in [4.78, 5) is 11.7. The van der Waals surface area contributed by atoms with Crippen LogP contribution in [0.5, 0.6) is 0 Å². The molecule has 1 saturated carbocycles. The highest BCUT2D eigenvalue weighted by Gasteiger charge is 2.19. The number of halogens is 2. The van der Waals surface area contributed by atoms with E-state index < -0.39 is 5.82 Å². The van der Waals surface area contributed by atoms with E-state index in [-0.39, 0.29) is 11.5 Å². The maximum absolute atomic E-state index is 13.4. The zero-order chi connectivity index (χ0) is 11.5. The Balaban J connectivity index is 1.99. The molecule has 0 unspecified atom stereocenters. The van der Waals surface area contributed by atoms with Crippen molar-refractivity contribution in [3.63, 3.8) is 0 Å². The molecule has 86 valence electrons. The average molecular weight is 286 g/mol. The summed E-state index contributed by atoms with van der Waals surface area (Å²) < 4.78 is 14.1. The molecule has 1 amide bonds. The molecule has 1 aromatic carbocycles. The van der Waals surface area contributed by atoms with Gasteiger partial charge >= 0.3 is 0 Å². The smallest absolute Gasteiger partial charge is 0.254 e. The Kier molecular flexibility index (Phi) is 3.59. The van der Waals surface area contributed by atoms with E-state index in [1.165, 1.54) is 31.4 Å². The van der Waals surface area contributed by atoms with Crippen LogP contribution in [0.4, 0.5) is 4.39 Å². The predicted molar refractivity (Wildman–Crippen MR) is 63.8 cm³/mol. The molecule has 1 fully saturated rings. The third-order valence-electron chi connectivity index (χ3n) is 2.95. The van der Waals surface area contributed by atoms with Gasteiger partial charge in [0.1, 0.15) is 5.82 Å². The molecule has 4 heteroatoms. The van der Waals surface area contributed by atoms with Gasteiger partial charge in [-0.15, -0.1) is 0 Å². The second-order valence-electron chi connectivity index (χ2n) is 4.13. The summed E-state index contributed by atoms with van der Waals surface area (Å²) in [5, 5.41) is 2.77. The Hall–Kier alpha value is -0.900. The number of benzene rings is 1. The van der Waals surface area contributed by atoms with Crippen LogP contribution in [0.2, 0.25) is 0 Å². The quantitative estimate of drug-likeness (QED) is 0.908. The van der Waals surface area contributed by atoms with Crippen molar-refractivity contribution in [3.05, 3.63) is 34.1 Å². The number of carbonyl (C=O) groups excluding carboxylic acids is 1. The minimum atomic E-state index is -0.477. The fourth-order valence-corrected chi connectivity index (χ4v) is 2.06. The van der Waals surface area contributed by atoms with Crippen molar-refractivity contribution in [1.29, 1.82) is 0 Å². The number of carbonyl (C=O) groups is 1. The molecule has 0 bridgehead atoms. The highest BCUT2D eigenvalue weighted by atomic mass is 79.9. The lowest BCUT2D eigenvalue weighted by Crippen LogP contribution is -2.32. The lowest BCUT2D eigenvalue weighted by molar-refractivity contribution is 0.0935. The van der Waals surface area contributed by atoms with Crippen LogP contribution in [-0.4, -0.2) is 12.5 Å². The summed E-state index contributed by atoms with van der Waals surface area (Å²) >= 11 is 3.22.